The minimum atomic E-state index is 0.215. The van der Waals surface area contributed by atoms with Crippen LogP contribution in [-0.4, -0.2) is 13.2 Å². The molecule has 3 aromatic rings. The summed E-state index contributed by atoms with van der Waals surface area (Å²) in [4.78, 5) is 0. The van der Waals surface area contributed by atoms with E-state index in [1.54, 1.807) is 0 Å². The van der Waals surface area contributed by atoms with Crippen molar-refractivity contribution in [3.63, 3.8) is 0 Å². The van der Waals surface area contributed by atoms with E-state index in [9.17, 15) is 0 Å². The van der Waals surface area contributed by atoms with Gasteiger partial charge >= 0.3 is 0 Å². The van der Waals surface area contributed by atoms with Crippen molar-refractivity contribution < 1.29 is 9.47 Å². The second-order valence-electron chi connectivity index (χ2n) is 6.77. The lowest BCUT2D eigenvalue weighted by molar-refractivity contribution is 0.306. The molecule has 0 aromatic heterocycles. The third-order valence-corrected chi connectivity index (χ3v) is 4.94. The van der Waals surface area contributed by atoms with E-state index in [1.807, 2.05) is 25.1 Å². The minimum absolute atomic E-state index is 0.215. The zero-order valence-corrected chi connectivity index (χ0v) is 15.7. The molecule has 138 valence electrons. The van der Waals surface area contributed by atoms with E-state index < -0.39 is 0 Å². The number of fused-ring (bicyclic) bond motifs is 1. The Hall–Kier alpha value is -2.78. The van der Waals surface area contributed by atoms with E-state index in [-0.39, 0.29) is 6.04 Å². The van der Waals surface area contributed by atoms with Gasteiger partial charge in [-0.05, 0) is 59.9 Å². The third kappa shape index (κ3) is 4.15. The molecule has 0 spiro atoms. The van der Waals surface area contributed by atoms with Crippen LogP contribution in [0.3, 0.4) is 0 Å². The van der Waals surface area contributed by atoms with Gasteiger partial charge in [0.05, 0.1) is 12.6 Å². The summed E-state index contributed by atoms with van der Waals surface area (Å²) in [5.41, 5.74) is 5.14. The maximum atomic E-state index is 5.91. The van der Waals surface area contributed by atoms with Crippen molar-refractivity contribution in [1.82, 2.24) is 5.32 Å². The molecule has 4 rings (SSSR count). The molecule has 1 aliphatic heterocycles. The Morgan fingerprint density at radius 1 is 0.889 bits per heavy atom. The number of hydrogen-bond donors (Lipinski definition) is 1. The van der Waals surface area contributed by atoms with Crippen molar-refractivity contribution >= 4 is 0 Å². The molecule has 0 saturated heterocycles. The first-order valence-corrected chi connectivity index (χ1v) is 9.59. The molecule has 27 heavy (non-hydrogen) atoms. The molecular weight excluding hydrogens is 334 g/mol. The maximum Gasteiger partial charge on any atom is 0.119 e. The molecule has 1 N–H and O–H groups in total. The van der Waals surface area contributed by atoms with Gasteiger partial charge in [0, 0.05) is 6.54 Å². The number of ether oxygens (including phenoxy) is 2. The molecule has 1 aliphatic rings. The molecule has 3 heteroatoms. The van der Waals surface area contributed by atoms with Crippen LogP contribution in [-0.2, 0) is 13.0 Å². The van der Waals surface area contributed by atoms with Gasteiger partial charge in [-0.3, -0.25) is 0 Å². The van der Waals surface area contributed by atoms with E-state index in [0.717, 1.165) is 24.5 Å². The average molecular weight is 359 g/mol. The highest BCUT2D eigenvalue weighted by atomic mass is 16.5. The molecule has 0 fully saturated rings. The summed E-state index contributed by atoms with van der Waals surface area (Å²) in [7, 11) is 0. The Morgan fingerprint density at radius 2 is 1.67 bits per heavy atom. The van der Waals surface area contributed by atoms with Gasteiger partial charge in [0.1, 0.15) is 18.1 Å². The normalized spacial score (nSPS) is 15.8. The van der Waals surface area contributed by atoms with Gasteiger partial charge in [0.2, 0.25) is 0 Å². The molecule has 3 nitrogen and oxygen atoms in total. The van der Waals surface area contributed by atoms with Crippen LogP contribution < -0.4 is 14.8 Å². The summed E-state index contributed by atoms with van der Waals surface area (Å²) in [6.07, 6.45) is 1.03. The predicted molar refractivity (Wildman–Crippen MR) is 108 cm³/mol. The highest BCUT2D eigenvalue weighted by Crippen LogP contribution is 2.32. The monoisotopic (exact) mass is 359 g/mol. The first-order valence-electron chi connectivity index (χ1n) is 9.59. The van der Waals surface area contributed by atoms with Crippen molar-refractivity contribution in [1.29, 1.82) is 0 Å². The first-order chi connectivity index (χ1) is 13.3. The quantitative estimate of drug-likeness (QED) is 0.679. The van der Waals surface area contributed by atoms with Gasteiger partial charge in [-0.1, -0.05) is 48.5 Å². The lowest BCUT2D eigenvalue weighted by atomic mass is 9.90. The van der Waals surface area contributed by atoms with Crippen molar-refractivity contribution in [3.8, 4) is 11.5 Å². The molecule has 1 atom stereocenters. The van der Waals surface area contributed by atoms with E-state index in [2.05, 4.69) is 59.9 Å². The fraction of sp³-hybridized carbons (Fsp3) is 0.250. The third-order valence-electron chi connectivity index (χ3n) is 4.94. The average Bonchev–Trinajstić information content (AvgIpc) is 2.73. The molecule has 0 bridgehead atoms. The fourth-order valence-electron chi connectivity index (χ4n) is 3.59. The van der Waals surface area contributed by atoms with E-state index >= 15 is 0 Å². The van der Waals surface area contributed by atoms with Crippen LogP contribution in [0, 0.1) is 0 Å². The second-order valence-corrected chi connectivity index (χ2v) is 6.77. The first kappa shape index (κ1) is 17.6. The van der Waals surface area contributed by atoms with E-state index in [1.165, 1.54) is 22.3 Å². The minimum Gasteiger partial charge on any atom is -0.494 e. The molecule has 1 heterocycles. The molecular formula is C24H25NO2. The van der Waals surface area contributed by atoms with Gasteiger partial charge in [0.15, 0.2) is 0 Å². The molecule has 0 saturated carbocycles. The summed E-state index contributed by atoms with van der Waals surface area (Å²) < 4.78 is 11.6. The van der Waals surface area contributed by atoms with Crippen LogP contribution in [0.1, 0.15) is 35.2 Å². The van der Waals surface area contributed by atoms with Crippen LogP contribution in [0.4, 0.5) is 0 Å². The summed E-state index contributed by atoms with van der Waals surface area (Å²) in [5, 5.41) is 3.64. The van der Waals surface area contributed by atoms with Crippen LogP contribution in [0.2, 0.25) is 0 Å². The molecule has 3 aromatic carbocycles. The van der Waals surface area contributed by atoms with Crippen LogP contribution in [0.15, 0.2) is 72.8 Å². The van der Waals surface area contributed by atoms with Gasteiger partial charge in [0.25, 0.3) is 0 Å². The lowest BCUT2D eigenvalue weighted by Crippen LogP contribution is -2.30. The lowest BCUT2D eigenvalue weighted by Gasteiger charge is -2.28. The highest BCUT2D eigenvalue weighted by molar-refractivity contribution is 5.44. The molecule has 0 aliphatic carbocycles. The number of benzene rings is 3. The molecule has 0 amide bonds. The van der Waals surface area contributed by atoms with E-state index in [0.29, 0.717) is 13.2 Å². The maximum absolute atomic E-state index is 5.91. The molecule has 0 radical (unpaired) electrons. The van der Waals surface area contributed by atoms with Crippen molar-refractivity contribution in [2.75, 3.05) is 13.2 Å². The van der Waals surface area contributed by atoms with Crippen LogP contribution in [0.25, 0.3) is 0 Å². The largest absolute Gasteiger partial charge is 0.494 e. The van der Waals surface area contributed by atoms with Crippen LogP contribution in [0.5, 0.6) is 11.5 Å². The number of nitrogens with one attached hydrogen (secondary N) is 1. The van der Waals surface area contributed by atoms with Gasteiger partial charge in [-0.15, -0.1) is 0 Å². The molecule has 1 unspecified atom stereocenters. The highest BCUT2D eigenvalue weighted by Gasteiger charge is 2.21. The summed E-state index contributed by atoms with van der Waals surface area (Å²) in [5.74, 6) is 1.85. The second kappa shape index (κ2) is 8.28. The van der Waals surface area contributed by atoms with Gasteiger partial charge in [-0.2, -0.15) is 0 Å². The zero-order chi connectivity index (χ0) is 18.5. The van der Waals surface area contributed by atoms with Crippen LogP contribution >= 0.6 is 0 Å². The Morgan fingerprint density at radius 3 is 2.44 bits per heavy atom. The Kier molecular flexibility index (Phi) is 5.40. The zero-order valence-electron chi connectivity index (χ0n) is 15.7. The summed E-state index contributed by atoms with van der Waals surface area (Å²) in [6.45, 7) is 4.28. The Balaban J connectivity index is 1.48. The van der Waals surface area contributed by atoms with E-state index in [4.69, 9.17) is 9.47 Å². The standard InChI is InChI=1S/C24H25NO2/c1-2-26-22-12-13-23-20(16-22)14-15-25-24(23)19-8-10-21(11-9-19)27-17-18-6-4-3-5-7-18/h3-13,16,24-25H,2,14-15,17H2,1H3. The van der Waals surface area contributed by atoms with Gasteiger partial charge < -0.3 is 14.8 Å². The predicted octanol–water partition coefficient (Wildman–Crippen LogP) is 4.90. The Bertz CT molecular complexity index is 875. The smallest absolute Gasteiger partial charge is 0.119 e. The van der Waals surface area contributed by atoms with Crippen molar-refractivity contribution in [2.24, 2.45) is 0 Å². The SMILES string of the molecule is CCOc1ccc2c(c1)CCNC2c1ccc(OCc2ccccc2)cc1. The summed E-state index contributed by atoms with van der Waals surface area (Å²) in [6, 6.07) is 25.3. The summed E-state index contributed by atoms with van der Waals surface area (Å²) >= 11 is 0. The topological polar surface area (TPSA) is 30.5 Å². The van der Waals surface area contributed by atoms with Crippen molar-refractivity contribution in [2.45, 2.75) is 26.0 Å². The fourth-order valence-corrected chi connectivity index (χ4v) is 3.59. The van der Waals surface area contributed by atoms with Crippen molar-refractivity contribution in [3.05, 3.63) is 95.1 Å². The van der Waals surface area contributed by atoms with Gasteiger partial charge in [-0.25, -0.2) is 0 Å². The number of rotatable bonds is 6. The number of hydrogen-bond acceptors (Lipinski definition) is 3. The Labute approximate surface area is 161 Å².